The Morgan fingerprint density at radius 3 is 2.80 bits per heavy atom. The zero-order valence-corrected chi connectivity index (χ0v) is 8.82. The fourth-order valence-corrected chi connectivity index (χ4v) is 2.51. The van der Waals surface area contributed by atoms with Crippen LogP contribution in [-0.4, -0.2) is 10.9 Å². The predicted octanol–water partition coefficient (Wildman–Crippen LogP) is 2.75. The first-order chi connectivity index (χ1) is 7.45. The van der Waals surface area contributed by atoms with Gasteiger partial charge >= 0.3 is 0 Å². The maximum absolute atomic E-state index is 3.60. The van der Waals surface area contributed by atoms with E-state index in [9.17, 15) is 0 Å². The van der Waals surface area contributed by atoms with Crippen molar-refractivity contribution in [2.75, 3.05) is 6.54 Å². The lowest BCUT2D eigenvalue weighted by atomic mass is 9.97. The van der Waals surface area contributed by atoms with Crippen molar-refractivity contribution in [1.82, 2.24) is 9.72 Å². The van der Waals surface area contributed by atoms with Gasteiger partial charge in [0, 0.05) is 24.0 Å². The minimum atomic E-state index is 0.553. The van der Waals surface area contributed by atoms with Crippen LogP contribution >= 0.6 is 0 Å². The minimum absolute atomic E-state index is 0.553. The van der Waals surface area contributed by atoms with Gasteiger partial charge in [-0.05, 0) is 43.1 Å². The molecule has 3 heterocycles. The van der Waals surface area contributed by atoms with E-state index in [1.807, 2.05) is 0 Å². The van der Waals surface area contributed by atoms with Crippen LogP contribution in [-0.2, 0) is 0 Å². The van der Waals surface area contributed by atoms with Gasteiger partial charge in [-0.1, -0.05) is 12.5 Å². The molecule has 0 saturated carbocycles. The molecule has 0 radical (unpaired) electrons. The quantitative estimate of drug-likeness (QED) is 0.748. The van der Waals surface area contributed by atoms with Crippen LogP contribution in [0.25, 0.3) is 5.52 Å². The number of fused-ring (bicyclic) bond motifs is 1. The first kappa shape index (κ1) is 8.98. The van der Waals surface area contributed by atoms with Gasteiger partial charge in [-0.25, -0.2) is 0 Å². The number of nitrogens with zero attached hydrogens (tertiary/aromatic N) is 1. The van der Waals surface area contributed by atoms with Crippen LogP contribution in [0.5, 0.6) is 0 Å². The number of rotatable bonds is 1. The van der Waals surface area contributed by atoms with Gasteiger partial charge in [0.15, 0.2) is 0 Å². The third kappa shape index (κ3) is 1.55. The summed E-state index contributed by atoms with van der Waals surface area (Å²) in [6.45, 7) is 1.16. The number of hydrogen-bond acceptors (Lipinski definition) is 1. The highest BCUT2D eigenvalue weighted by Gasteiger charge is 2.16. The molecule has 1 saturated heterocycles. The Bertz CT molecular complexity index is 452. The van der Waals surface area contributed by atoms with E-state index in [0.717, 1.165) is 6.54 Å². The van der Waals surface area contributed by atoms with Gasteiger partial charge in [0.2, 0.25) is 0 Å². The number of hydrogen-bond donors (Lipinski definition) is 1. The zero-order valence-electron chi connectivity index (χ0n) is 8.82. The number of piperidine rings is 1. The maximum Gasteiger partial charge on any atom is 0.0497 e. The molecule has 2 aromatic heterocycles. The summed E-state index contributed by atoms with van der Waals surface area (Å²) in [6, 6.07) is 9.25. The van der Waals surface area contributed by atoms with Crippen molar-refractivity contribution < 1.29 is 0 Å². The van der Waals surface area contributed by atoms with Crippen LogP contribution in [0.4, 0.5) is 0 Å². The van der Waals surface area contributed by atoms with Crippen LogP contribution in [0.3, 0.4) is 0 Å². The summed E-state index contributed by atoms with van der Waals surface area (Å²) in [5.74, 6) is 0. The molecular weight excluding hydrogens is 184 g/mol. The second-order valence-electron chi connectivity index (χ2n) is 4.27. The van der Waals surface area contributed by atoms with E-state index in [1.165, 1.54) is 30.3 Å². The van der Waals surface area contributed by atoms with Crippen molar-refractivity contribution in [3.05, 3.63) is 42.2 Å². The number of pyridine rings is 1. The summed E-state index contributed by atoms with van der Waals surface area (Å²) >= 11 is 0. The third-order valence-corrected chi connectivity index (χ3v) is 3.28. The Morgan fingerprint density at radius 1 is 1.13 bits per heavy atom. The van der Waals surface area contributed by atoms with E-state index < -0.39 is 0 Å². The second kappa shape index (κ2) is 3.70. The van der Waals surface area contributed by atoms with E-state index in [-0.39, 0.29) is 0 Å². The molecule has 2 nitrogen and oxygen atoms in total. The van der Waals surface area contributed by atoms with E-state index in [4.69, 9.17) is 0 Å². The van der Waals surface area contributed by atoms with E-state index in [0.29, 0.717) is 6.04 Å². The molecular formula is C13H16N2. The molecule has 3 rings (SSSR count). The molecule has 15 heavy (non-hydrogen) atoms. The highest BCUT2D eigenvalue weighted by atomic mass is 14.9. The topological polar surface area (TPSA) is 16.4 Å². The third-order valence-electron chi connectivity index (χ3n) is 3.28. The molecule has 2 heteroatoms. The van der Waals surface area contributed by atoms with Gasteiger partial charge in [0.1, 0.15) is 0 Å². The molecule has 1 aliphatic rings. The summed E-state index contributed by atoms with van der Waals surface area (Å²) in [6.07, 6.45) is 8.16. The predicted molar refractivity (Wildman–Crippen MR) is 62.0 cm³/mol. The Morgan fingerprint density at radius 2 is 2.00 bits per heavy atom. The van der Waals surface area contributed by atoms with Crippen LogP contribution in [0, 0.1) is 0 Å². The van der Waals surface area contributed by atoms with Crippen LogP contribution in [0.15, 0.2) is 36.7 Å². The summed E-state index contributed by atoms with van der Waals surface area (Å²) in [5, 5.41) is 3.60. The molecule has 1 fully saturated rings. The summed E-state index contributed by atoms with van der Waals surface area (Å²) < 4.78 is 2.20. The first-order valence-corrected chi connectivity index (χ1v) is 5.74. The van der Waals surface area contributed by atoms with Gasteiger partial charge < -0.3 is 9.72 Å². The normalized spacial score (nSPS) is 22.0. The van der Waals surface area contributed by atoms with E-state index in [2.05, 4.69) is 46.4 Å². The van der Waals surface area contributed by atoms with E-state index >= 15 is 0 Å². The van der Waals surface area contributed by atoms with Gasteiger partial charge in [-0.15, -0.1) is 0 Å². The first-order valence-electron chi connectivity index (χ1n) is 5.74. The fourth-order valence-electron chi connectivity index (χ4n) is 2.51. The highest BCUT2D eigenvalue weighted by molar-refractivity contribution is 5.56. The fraction of sp³-hybridized carbons (Fsp3) is 0.385. The maximum atomic E-state index is 3.60. The highest BCUT2D eigenvalue weighted by Crippen LogP contribution is 2.26. The Kier molecular flexibility index (Phi) is 2.22. The average Bonchev–Trinajstić information content (AvgIpc) is 2.78. The molecule has 1 aliphatic heterocycles. The van der Waals surface area contributed by atoms with Crippen molar-refractivity contribution in [1.29, 1.82) is 0 Å². The molecule has 1 N–H and O–H groups in total. The van der Waals surface area contributed by atoms with Crippen molar-refractivity contribution in [2.24, 2.45) is 0 Å². The molecule has 1 atom stereocenters. The number of aromatic nitrogens is 1. The van der Waals surface area contributed by atoms with Gasteiger partial charge in [0.25, 0.3) is 0 Å². The lowest BCUT2D eigenvalue weighted by Crippen LogP contribution is -2.27. The van der Waals surface area contributed by atoms with E-state index in [1.54, 1.807) is 0 Å². The largest absolute Gasteiger partial charge is 0.324 e. The van der Waals surface area contributed by atoms with Gasteiger partial charge in [-0.2, -0.15) is 0 Å². The lowest BCUT2D eigenvalue weighted by Gasteiger charge is -2.24. The zero-order chi connectivity index (χ0) is 10.1. The minimum Gasteiger partial charge on any atom is -0.324 e. The molecule has 2 aromatic rings. The SMILES string of the molecule is c1cc(C2CCCCN2)c2cccn2c1. The Labute approximate surface area is 89.9 Å². The summed E-state index contributed by atoms with van der Waals surface area (Å²) in [7, 11) is 0. The molecule has 0 aromatic carbocycles. The van der Waals surface area contributed by atoms with Crippen LogP contribution in [0.2, 0.25) is 0 Å². The standard InChI is InChI=1S/C13H16N2/c1-2-8-14-12(6-1)11-5-3-9-15-10-4-7-13(11)15/h3-5,7,9-10,12,14H,1-2,6,8H2. The molecule has 1 unspecified atom stereocenters. The molecule has 0 bridgehead atoms. The molecule has 78 valence electrons. The summed E-state index contributed by atoms with van der Waals surface area (Å²) in [5.41, 5.74) is 2.79. The van der Waals surface area contributed by atoms with Crippen molar-refractivity contribution in [2.45, 2.75) is 25.3 Å². The van der Waals surface area contributed by atoms with Gasteiger partial charge in [0.05, 0.1) is 0 Å². The molecule has 0 aliphatic carbocycles. The number of nitrogens with one attached hydrogen (secondary N) is 1. The van der Waals surface area contributed by atoms with Crippen LogP contribution in [0.1, 0.15) is 30.9 Å². The van der Waals surface area contributed by atoms with Crippen molar-refractivity contribution in [3.63, 3.8) is 0 Å². The molecule has 0 amide bonds. The van der Waals surface area contributed by atoms with Crippen LogP contribution < -0.4 is 5.32 Å². The second-order valence-corrected chi connectivity index (χ2v) is 4.27. The van der Waals surface area contributed by atoms with Crippen molar-refractivity contribution >= 4 is 5.52 Å². The Balaban J connectivity index is 2.05. The smallest absolute Gasteiger partial charge is 0.0497 e. The Hall–Kier alpha value is -1.28. The lowest BCUT2D eigenvalue weighted by molar-refractivity contribution is 0.413. The summed E-state index contributed by atoms with van der Waals surface area (Å²) in [4.78, 5) is 0. The van der Waals surface area contributed by atoms with Crippen molar-refractivity contribution in [3.8, 4) is 0 Å². The monoisotopic (exact) mass is 200 g/mol. The average molecular weight is 200 g/mol. The van der Waals surface area contributed by atoms with Gasteiger partial charge in [-0.3, -0.25) is 0 Å². The molecule has 0 spiro atoms.